The van der Waals surface area contributed by atoms with Crippen LogP contribution in [0.25, 0.3) is 0 Å². The van der Waals surface area contributed by atoms with Crippen molar-refractivity contribution in [1.29, 1.82) is 0 Å². The molecule has 1 heterocycles. The van der Waals surface area contributed by atoms with Gasteiger partial charge in [-0.3, -0.25) is 14.4 Å². The van der Waals surface area contributed by atoms with Crippen LogP contribution in [0.1, 0.15) is 13.3 Å². The van der Waals surface area contributed by atoms with Crippen LogP contribution in [-0.2, 0) is 14.4 Å². The highest BCUT2D eigenvalue weighted by Gasteiger charge is 2.51. The van der Waals surface area contributed by atoms with E-state index in [4.69, 9.17) is 5.11 Å². The molecule has 0 aromatic heterocycles. The molecule has 2 N–H and O–H groups in total. The number of carboxylic acids is 1. The third kappa shape index (κ3) is 1.75. The highest BCUT2D eigenvalue weighted by Crippen LogP contribution is 2.40. The van der Waals surface area contributed by atoms with E-state index in [0.717, 1.165) is 0 Å². The fourth-order valence-corrected chi connectivity index (χ4v) is 2.04. The summed E-state index contributed by atoms with van der Waals surface area (Å²) in [6, 6.07) is -0.490. The molecule has 6 nitrogen and oxygen atoms in total. The van der Waals surface area contributed by atoms with Gasteiger partial charge < -0.3 is 15.3 Å². The molecule has 0 aromatic carbocycles. The van der Waals surface area contributed by atoms with Crippen molar-refractivity contribution in [2.24, 2.45) is 11.8 Å². The van der Waals surface area contributed by atoms with Crippen molar-refractivity contribution < 1.29 is 19.5 Å². The third-order valence-corrected chi connectivity index (χ3v) is 3.21. The minimum Gasteiger partial charge on any atom is -0.481 e. The van der Waals surface area contributed by atoms with Gasteiger partial charge in [0.2, 0.25) is 11.8 Å². The summed E-state index contributed by atoms with van der Waals surface area (Å²) in [6.45, 7) is 2.57. The lowest BCUT2D eigenvalue weighted by molar-refractivity contribution is -0.146. The smallest absolute Gasteiger partial charge is 0.307 e. The van der Waals surface area contributed by atoms with Crippen LogP contribution in [0.2, 0.25) is 0 Å². The van der Waals surface area contributed by atoms with Crippen molar-refractivity contribution >= 4 is 17.8 Å². The standard InChI is InChI=1S/C10H14N2O4/c1-5-8(13)11-2-3-12(5)9(14)6-4-7(6)10(15)16/h5-7H,2-4H2,1H3,(H,11,13)(H,15,16)/t5?,6-,7+/m1/s1. The molecule has 1 saturated carbocycles. The average Bonchev–Trinajstić information content (AvgIpc) is 3.01. The van der Waals surface area contributed by atoms with Crippen molar-refractivity contribution in [2.45, 2.75) is 19.4 Å². The molecule has 2 amide bonds. The summed E-state index contributed by atoms with van der Waals surface area (Å²) >= 11 is 0. The number of rotatable bonds is 2. The Morgan fingerprint density at radius 3 is 2.69 bits per heavy atom. The summed E-state index contributed by atoms with van der Waals surface area (Å²) in [5, 5.41) is 11.4. The zero-order valence-corrected chi connectivity index (χ0v) is 8.97. The number of hydrogen-bond donors (Lipinski definition) is 2. The molecule has 6 heteroatoms. The first-order chi connectivity index (χ1) is 7.52. The van der Waals surface area contributed by atoms with Crippen LogP contribution in [-0.4, -0.2) is 46.9 Å². The van der Waals surface area contributed by atoms with Crippen LogP contribution < -0.4 is 5.32 Å². The summed E-state index contributed by atoms with van der Waals surface area (Å²) in [7, 11) is 0. The Bertz CT molecular complexity index is 355. The summed E-state index contributed by atoms with van der Waals surface area (Å²) in [5.74, 6) is -2.27. The Labute approximate surface area is 92.6 Å². The fraction of sp³-hybridized carbons (Fsp3) is 0.700. The van der Waals surface area contributed by atoms with Gasteiger partial charge in [0.15, 0.2) is 0 Å². The predicted octanol–water partition coefficient (Wildman–Crippen LogP) is -0.946. The topological polar surface area (TPSA) is 86.7 Å². The molecule has 1 saturated heterocycles. The monoisotopic (exact) mass is 226 g/mol. The summed E-state index contributed by atoms with van der Waals surface area (Å²) in [4.78, 5) is 35.4. The molecule has 1 aliphatic heterocycles. The minimum atomic E-state index is -0.924. The van der Waals surface area contributed by atoms with Gasteiger partial charge in [-0.15, -0.1) is 0 Å². The summed E-state index contributed by atoms with van der Waals surface area (Å²) < 4.78 is 0. The molecular formula is C10H14N2O4. The highest BCUT2D eigenvalue weighted by molar-refractivity contribution is 5.93. The molecule has 2 fully saturated rings. The Hall–Kier alpha value is -1.59. The molecule has 0 aromatic rings. The number of piperazine rings is 1. The molecule has 0 radical (unpaired) electrons. The van der Waals surface area contributed by atoms with Crippen molar-refractivity contribution in [2.75, 3.05) is 13.1 Å². The second-order valence-corrected chi connectivity index (χ2v) is 4.29. The minimum absolute atomic E-state index is 0.174. The van der Waals surface area contributed by atoms with Gasteiger partial charge >= 0.3 is 5.97 Å². The van der Waals surface area contributed by atoms with Crippen LogP contribution in [0.3, 0.4) is 0 Å². The second kappa shape index (κ2) is 3.77. The van der Waals surface area contributed by atoms with Crippen LogP contribution in [0.5, 0.6) is 0 Å². The lowest BCUT2D eigenvalue weighted by atomic mass is 10.1. The number of carbonyl (C=O) groups excluding carboxylic acids is 2. The number of nitrogens with one attached hydrogen (secondary N) is 1. The maximum absolute atomic E-state index is 11.9. The predicted molar refractivity (Wildman–Crippen MR) is 53.4 cm³/mol. The first-order valence-corrected chi connectivity index (χ1v) is 5.33. The van der Waals surface area contributed by atoms with Gasteiger partial charge in [-0.05, 0) is 13.3 Å². The van der Waals surface area contributed by atoms with E-state index < -0.39 is 23.8 Å². The first-order valence-electron chi connectivity index (χ1n) is 5.33. The number of amides is 2. The average molecular weight is 226 g/mol. The van der Waals surface area contributed by atoms with Gasteiger partial charge in [-0.1, -0.05) is 0 Å². The maximum Gasteiger partial charge on any atom is 0.307 e. The van der Waals surface area contributed by atoms with Gasteiger partial charge in [0.25, 0.3) is 0 Å². The summed E-state index contributed by atoms with van der Waals surface area (Å²) in [6.07, 6.45) is 0.402. The van der Waals surface area contributed by atoms with E-state index in [-0.39, 0.29) is 11.8 Å². The Morgan fingerprint density at radius 1 is 1.44 bits per heavy atom. The quantitative estimate of drug-likeness (QED) is 0.636. The second-order valence-electron chi connectivity index (χ2n) is 4.29. The molecule has 0 bridgehead atoms. The number of carbonyl (C=O) groups is 3. The molecule has 2 aliphatic rings. The van der Waals surface area contributed by atoms with Crippen LogP contribution >= 0.6 is 0 Å². The molecule has 3 atom stereocenters. The van der Waals surface area contributed by atoms with E-state index in [1.807, 2.05) is 0 Å². The van der Waals surface area contributed by atoms with Crippen LogP contribution in [0, 0.1) is 11.8 Å². The molecular weight excluding hydrogens is 212 g/mol. The van der Waals surface area contributed by atoms with Crippen molar-refractivity contribution in [3.05, 3.63) is 0 Å². The zero-order chi connectivity index (χ0) is 11.9. The largest absolute Gasteiger partial charge is 0.481 e. The van der Waals surface area contributed by atoms with Gasteiger partial charge in [0.1, 0.15) is 6.04 Å². The molecule has 1 unspecified atom stereocenters. The van der Waals surface area contributed by atoms with Crippen LogP contribution in [0.15, 0.2) is 0 Å². The van der Waals surface area contributed by atoms with E-state index >= 15 is 0 Å². The maximum atomic E-state index is 11.9. The van der Waals surface area contributed by atoms with Gasteiger partial charge in [0, 0.05) is 13.1 Å². The van der Waals surface area contributed by atoms with Gasteiger partial charge in [-0.2, -0.15) is 0 Å². The van der Waals surface area contributed by atoms with Crippen molar-refractivity contribution in [3.8, 4) is 0 Å². The molecule has 16 heavy (non-hydrogen) atoms. The molecule has 2 rings (SSSR count). The van der Waals surface area contributed by atoms with Crippen LogP contribution in [0.4, 0.5) is 0 Å². The zero-order valence-electron chi connectivity index (χ0n) is 8.97. The van der Waals surface area contributed by atoms with E-state index in [1.54, 1.807) is 6.92 Å². The van der Waals surface area contributed by atoms with Gasteiger partial charge in [-0.25, -0.2) is 0 Å². The number of carboxylic acid groups (broad SMARTS) is 1. The first kappa shape index (κ1) is 10.9. The Morgan fingerprint density at radius 2 is 2.12 bits per heavy atom. The lowest BCUT2D eigenvalue weighted by Gasteiger charge is -2.33. The lowest BCUT2D eigenvalue weighted by Crippen LogP contribution is -2.56. The number of aliphatic carboxylic acids is 1. The number of nitrogens with zero attached hydrogens (tertiary/aromatic N) is 1. The summed E-state index contributed by atoms with van der Waals surface area (Å²) in [5.41, 5.74) is 0. The van der Waals surface area contributed by atoms with E-state index in [1.165, 1.54) is 4.90 Å². The van der Waals surface area contributed by atoms with Crippen molar-refractivity contribution in [3.63, 3.8) is 0 Å². The molecule has 88 valence electrons. The third-order valence-electron chi connectivity index (χ3n) is 3.21. The van der Waals surface area contributed by atoms with Gasteiger partial charge in [0.05, 0.1) is 11.8 Å². The molecule has 0 spiro atoms. The number of hydrogen-bond acceptors (Lipinski definition) is 3. The molecule has 1 aliphatic carbocycles. The normalized spacial score (nSPS) is 33.2. The Balaban J connectivity index is 2.00. The van der Waals surface area contributed by atoms with Crippen molar-refractivity contribution in [1.82, 2.24) is 10.2 Å². The van der Waals surface area contributed by atoms with E-state index in [9.17, 15) is 14.4 Å². The SMILES string of the molecule is CC1C(=O)NCCN1C(=O)[C@@H]1C[C@@H]1C(=O)O. The van der Waals surface area contributed by atoms with E-state index in [0.29, 0.717) is 19.5 Å². The van der Waals surface area contributed by atoms with E-state index in [2.05, 4.69) is 5.32 Å². The fourth-order valence-electron chi connectivity index (χ4n) is 2.04. The highest BCUT2D eigenvalue weighted by atomic mass is 16.4. The Kier molecular flexibility index (Phi) is 2.57.